The summed E-state index contributed by atoms with van der Waals surface area (Å²) in [6.45, 7) is 2.60. The highest BCUT2D eigenvalue weighted by Gasteiger charge is 2.13. The van der Waals surface area contributed by atoms with Crippen molar-refractivity contribution in [1.82, 2.24) is 0 Å². The van der Waals surface area contributed by atoms with Crippen LogP contribution in [0.1, 0.15) is 23.4 Å². The van der Waals surface area contributed by atoms with Gasteiger partial charge >= 0.3 is 0 Å². The Kier molecular flexibility index (Phi) is 4.67. The molecule has 2 rings (SSSR count). The third-order valence-electron chi connectivity index (χ3n) is 2.52. The van der Waals surface area contributed by atoms with Crippen LogP contribution in [0, 0.1) is 0 Å². The first-order chi connectivity index (χ1) is 8.61. The van der Waals surface area contributed by atoms with Gasteiger partial charge in [0, 0.05) is 4.88 Å². The second-order valence-electron chi connectivity index (χ2n) is 3.74. The summed E-state index contributed by atoms with van der Waals surface area (Å²) in [4.78, 5) is 1.05. The van der Waals surface area contributed by atoms with Gasteiger partial charge in [0.2, 0.25) is 0 Å². The molecule has 1 unspecified atom stereocenters. The second-order valence-corrected chi connectivity index (χ2v) is 6.34. The smallest absolute Gasteiger partial charge is 0.133 e. The summed E-state index contributed by atoms with van der Waals surface area (Å²) in [7, 11) is 0. The zero-order chi connectivity index (χ0) is 13.1. The molecule has 0 bridgehead atoms. The van der Waals surface area contributed by atoms with E-state index in [1.807, 2.05) is 37.3 Å². The fourth-order valence-corrected chi connectivity index (χ4v) is 3.24. The summed E-state index contributed by atoms with van der Waals surface area (Å²) in [6, 6.07) is 9.57. The molecule has 2 nitrogen and oxygen atoms in total. The lowest BCUT2D eigenvalue weighted by atomic mass is 10.1. The molecule has 0 aliphatic carbocycles. The Hall–Kier alpha value is -0.550. The lowest BCUT2D eigenvalue weighted by molar-refractivity contribution is 0.338. The summed E-state index contributed by atoms with van der Waals surface area (Å²) in [5.41, 5.74) is 7.24. The van der Waals surface area contributed by atoms with E-state index in [-0.39, 0.29) is 6.04 Å². The molecule has 0 saturated carbocycles. The molecule has 2 aromatic rings. The Balaban J connectivity index is 2.26. The SMILES string of the molecule is CCOc1ccc(C(N)c2ccc(Cl)s2)cc1Br. The Bertz CT molecular complexity index is 544. The van der Waals surface area contributed by atoms with Crippen molar-refractivity contribution in [2.24, 2.45) is 5.73 Å². The number of ether oxygens (including phenoxy) is 1. The minimum absolute atomic E-state index is 0.158. The van der Waals surface area contributed by atoms with E-state index in [9.17, 15) is 0 Å². The van der Waals surface area contributed by atoms with Gasteiger partial charge in [0.05, 0.1) is 21.5 Å². The van der Waals surface area contributed by atoms with E-state index in [1.165, 1.54) is 11.3 Å². The number of hydrogen-bond donors (Lipinski definition) is 1. The van der Waals surface area contributed by atoms with E-state index in [0.717, 1.165) is 25.0 Å². The van der Waals surface area contributed by atoms with Crippen LogP contribution in [-0.4, -0.2) is 6.61 Å². The van der Waals surface area contributed by atoms with Gasteiger partial charge in [-0.2, -0.15) is 0 Å². The van der Waals surface area contributed by atoms with Crippen molar-refractivity contribution in [1.29, 1.82) is 0 Å². The molecule has 1 aromatic heterocycles. The number of hydrogen-bond acceptors (Lipinski definition) is 3. The number of rotatable bonds is 4. The normalized spacial score (nSPS) is 12.4. The van der Waals surface area contributed by atoms with Crippen LogP contribution >= 0.6 is 38.9 Å². The molecule has 0 aliphatic heterocycles. The minimum Gasteiger partial charge on any atom is -0.493 e. The van der Waals surface area contributed by atoms with Crippen molar-refractivity contribution in [2.45, 2.75) is 13.0 Å². The van der Waals surface area contributed by atoms with Gasteiger partial charge in [0.25, 0.3) is 0 Å². The summed E-state index contributed by atoms with van der Waals surface area (Å²) >= 11 is 10.9. The first-order valence-corrected chi connectivity index (χ1v) is 7.53. The summed E-state index contributed by atoms with van der Waals surface area (Å²) in [6.07, 6.45) is 0. The highest BCUT2D eigenvalue weighted by atomic mass is 79.9. The number of thiophene rings is 1. The van der Waals surface area contributed by atoms with Crippen molar-refractivity contribution >= 4 is 38.9 Å². The lowest BCUT2D eigenvalue weighted by Gasteiger charge is -2.12. The maximum absolute atomic E-state index is 6.21. The van der Waals surface area contributed by atoms with Gasteiger partial charge in [-0.15, -0.1) is 11.3 Å². The van der Waals surface area contributed by atoms with Crippen molar-refractivity contribution in [3.63, 3.8) is 0 Å². The fourth-order valence-electron chi connectivity index (χ4n) is 1.64. The minimum atomic E-state index is -0.158. The van der Waals surface area contributed by atoms with E-state index < -0.39 is 0 Å². The van der Waals surface area contributed by atoms with Gasteiger partial charge in [0.15, 0.2) is 0 Å². The molecule has 1 heterocycles. The van der Waals surface area contributed by atoms with Gasteiger partial charge in [-0.3, -0.25) is 0 Å². The molecule has 0 saturated heterocycles. The molecule has 96 valence electrons. The first-order valence-electron chi connectivity index (χ1n) is 5.55. The average Bonchev–Trinajstić information content (AvgIpc) is 2.78. The average molecular weight is 347 g/mol. The summed E-state index contributed by atoms with van der Waals surface area (Å²) in [5.74, 6) is 0.831. The van der Waals surface area contributed by atoms with Crippen molar-refractivity contribution in [3.05, 3.63) is 49.6 Å². The maximum atomic E-state index is 6.21. The van der Waals surface area contributed by atoms with Gasteiger partial charge in [-0.1, -0.05) is 17.7 Å². The molecule has 1 aromatic carbocycles. The Morgan fingerprint density at radius 2 is 2.17 bits per heavy atom. The third-order valence-corrected chi connectivity index (χ3v) is 4.45. The molecule has 2 N–H and O–H groups in total. The lowest BCUT2D eigenvalue weighted by Crippen LogP contribution is -2.10. The van der Waals surface area contributed by atoms with E-state index in [1.54, 1.807) is 0 Å². The van der Waals surface area contributed by atoms with Crippen LogP contribution in [-0.2, 0) is 0 Å². The van der Waals surface area contributed by atoms with Crippen LogP contribution in [0.4, 0.5) is 0 Å². The van der Waals surface area contributed by atoms with Crippen LogP contribution in [0.5, 0.6) is 5.75 Å². The van der Waals surface area contributed by atoms with Crippen molar-refractivity contribution in [3.8, 4) is 5.75 Å². The standard InChI is InChI=1S/C13H13BrClNOS/c1-2-17-10-4-3-8(7-9(10)14)13(16)11-5-6-12(15)18-11/h3-7,13H,2,16H2,1H3. The third kappa shape index (κ3) is 3.06. The molecule has 5 heteroatoms. The van der Waals surface area contributed by atoms with Gasteiger partial charge in [0.1, 0.15) is 5.75 Å². The fraction of sp³-hybridized carbons (Fsp3) is 0.231. The number of halogens is 2. The quantitative estimate of drug-likeness (QED) is 0.877. The first kappa shape index (κ1) is 13.9. The monoisotopic (exact) mass is 345 g/mol. The maximum Gasteiger partial charge on any atom is 0.133 e. The highest BCUT2D eigenvalue weighted by molar-refractivity contribution is 9.10. The van der Waals surface area contributed by atoms with E-state index in [4.69, 9.17) is 22.1 Å². The Morgan fingerprint density at radius 3 is 2.72 bits per heavy atom. The van der Waals surface area contributed by atoms with Crippen LogP contribution in [0.25, 0.3) is 0 Å². The molecule has 0 spiro atoms. The number of nitrogens with two attached hydrogens (primary N) is 1. The van der Waals surface area contributed by atoms with Crippen LogP contribution in [0.15, 0.2) is 34.8 Å². The molecule has 0 fully saturated rings. The van der Waals surface area contributed by atoms with Crippen LogP contribution in [0.3, 0.4) is 0 Å². The topological polar surface area (TPSA) is 35.2 Å². The zero-order valence-corrected chi connectivity index (χ0v) is 13.0. The predicted molar refractivity (Wildman–Crippen MR) is 80.7 cm³/mol. The largest absolute Gasteiger partial charge is 0.493 e. The van der Waals surface area contributed by atoms with E-state index in [0.29, 0.717) is 6.61 Å². The molecular weight excluding hydrogens is 334 g/mol. The van der Waals surface area contributed by atoms with Crippen molar-refractivity contribution in [2.75, 3.05) is 6.61 Å². The second kappa shape index (κ2) is 6.06. The molecule has 0 aliphatic rings. The van der Waals surface area contributed by atoms with Gasteiger partial charge in [-0.05, 0) is 52.7 Å². The highest BCUT2D eigenvalue weighted by Crippen LogP contribution is 2.33. The van der Waals surface area contributed by atoms with E-state index >= 15 is 0 Å². The van der Waals surface area contributed by atoms with Crippen molar-refractivity contribution < 1.29 is 4.74 Å². The molecule has 18 heavy (non-hydrogen) atoms. The van der Waals surface area contributed by atoms with Crippen LogP contribution < -0.4 is 10.5 Å². The zero-order valence-electron chi connectivity index (χ0n) is 9.82. The van der Waals surface area contributed by atoms with Gasteiger partial charge < -0.3 is 10.5 Å². The summed E-state index contributed by atoms with van der Waals surface area (Å²) in [5, 5.41) is 0. The Labute approximate surface area is 124 Å². The molecule has 1 atom stereocenters. The Morgan fingerprint density at radius 1 is 1.39 bits per heavy atom. The summed E-state index contributed by atoms with van der Waals surface area (Å²) < 4.78 is 7.15. The molecular formula is C13H13BrClNOS. The number of benzene rings is 1. The predicted octanol–water partition coefficient (Wildman–Crippen LogP) is 4.61. The molecule has 0 radical (unpaired) electrons. The van der Waals surface area contributed by atoms with Crippen LogP contribution in [0.2, 0.25) is 4.34 Å². The van der Waals surface area contributed by atoms with E-state index in [2.05, 4.69) is 15.9 Å². The van der Waals surface area contributed by atoms with Gasteiger partial charge in [-0.25, -0.2) is 0 Å². The molecule has 0 amide bonds.